The molecule has 3 rings (SSSR count). The second-order valence-electron chi connectivity index (χ2n) is 5.82. The summed E-state index contributed by atoms with van der Waals surface area (Å²) >= 11 is 0. The lowest BCUT2D eigenvalue weighted by Crippen LogP contribution is -2.34. The van der Waals surface area contributed by atoms with Crippen molar-refractivity contribution in [2.24, 2.45) is 5.92 Å². The molecule has 0 amide bonds. The molecule has 1 aromatic heterocycles. The van der Waals surface area contributed by atoms with E-state index in [1.165, 1.54) is 32.5 Å². The van der Waals surface area contributed by atoms with Crippen molar-refractivity contribution < 1.29 is 4.52 Å². The predicted octanol–water partition coefficient (Wildman–Crippen LogP) is 1.42. The highest BCUT2D eigenvalue weighted by Gasteiger charge is 2.24. The van der Waals surface area contributed by atoms with Crippen molar-refractivity contribution in [2.45, 2.75) is 38.5 Å². The Morgan fingerprint density at radius 2 is 2.16 bits per heavy atom. The second-order valence-corrected chi connectivity index (χ2v) is 5.82. The fourth-order valence-corrected chi connectivity index (χ4v) is 3.15. The van der Waals surface area contributed by atoms with Crippen LogP contribution in [0.25, 0.3) is 0 Å². The van der Waals surface area contributed by atoms with Gasteiger partial charge in [0.15, 0.2) is 5.82 Å². The van der Waals surface area contributed by atoms with Crippen LogP contribution in [-0.2, 0) is 6.42 Å². The minimum absolute atomic E-state index is 0.434. The van der Waals surface area contributed by atoms with Crippen molar-refractivity contribution in [1.82, 2.24) is 20.4 Å². The number of nitrogens with zero attached hydrogens (tertiary/aromatic N) is 3. The summed E-state index contributed by atoms with van der Waals surface area (Å²) in [6.45, 7) is 7.90. The van der Waals surface area contributed by atoms with Gasteiger partial charge in [-0.1, -0.05) is 12.1 Å². The van der Waals surface area contributed by atoms with Crippen LogP contribution in [0.3, 0.4) is 0 Å². The molecule has 1 N–H and O–H groups in total. The normalized spacial score (nSPS) is 26.1. The quantitative estimate of drug-likeness (QED) is 0.891. The van der Waals surface area contributed by atoms with Gasteiger partial charge >= 0.3 is 0 Å². The number of piperidine rings is 1. The predicted molar refractivity (Wildman–Crippen MR) is 73.1 cm³/mol. The number of rotatable bonds is 4. The molecule has 106 valence electrons. The molecule has 2 aliphatic rings. The summed E-state index contributed by atoms with van der Waals surface area (Å²) in [5, 5.41) is 7.51. The highest BCUT2D eigenvalue weighted by molar-refractivity contribution is 4.99. The molecule has 0 saturated carbocycles. The van der Waals surface area contributed by atoms with Gasteiger partial charge in [-0.15, -0.1) is 0 Å². The van der Waals surface area contributed by atoms with Crippen molar-refractivity contribution in [2.75, 3.05) is 32.7 Å². The van der Waals surface area contributed by atoms with Gasteiger partial charge in [-0.05, 0) is 51.4 Å². The molecule has 1 aromatic rings. The fraction of sp³-hybridized carbons (Fsp3) is 0.857. The first kappa shape index (κ1) is 13.1. The monoisotopic (exact) mass is 264 g/mol. The van der Waals surface area contributed by atoms with Crippen molar-refractivity contribution in [3.05, 3.63) is 11.7 Å². The molecule has 2 aliphatic heterocycles. The molecule has 0 aromatic carbocycles. The van der Waals surface area contributed by atoms with E-state index in [-0.39, 0.29) is 0 Å². The Morgan fingerprint density at radius 3 is 2.84 bits per heavy atom. The van der Waals surface area contributed by atoms with Crippen LogP contribution in [0.2, 0.25) is 0 Å². The van der Waals surface area contributed by atoms with E-state index >= 15 is 0 Å². The Bertz CT molecular complexity index is 392. The Kier molecular flexibility index (Phi) is 4.13. The maximum absolute atomic E-state index is 5.42. The van der Waals surface area contributed by atoms with Crippen LogP contribution in [0.5, 0.6) is 0 Å². The maximum Gasteiger partial charge on any atom is 0.231 e. The molecule has 0 bridgehead atoms. The minimum Gasteiger partial charge on any atom is -0.339 e. The van der Waals surface area contributed by atoms with E-state index in [1.54, 1.807) is 0 Å². The lowest BCUT2D eigenvalue weighted by molar-refractivity contribution is 0.190. The average Bonchev–Trinajstić information content (AvgIpc) is 3.10. The summed E-state index contributed by atoms with van der Waals surface area (Å²) in [4.78, 5) is 7.11. The number of aromatic nitrogens is 2. The zero-order valence-corrected chi connectivity index (χ0v) is 11.8. The van der Waals surface area contributed by atoms with Crippen molar-refractivity contribution >= 4 is 0 Å². The van der Waals surface area contributed by atoms with Gasteiger partial charge < -0.3 is 14.7 Å². The Labute approximate surface area is 114 Å². The standard InChI is InChI=1S/C14H24N4O/c1-2-18-7-4-11(5-8-18)9-13-16-14(19-17-13)12-3-6-15-10-12/h11-12,15H,2-10H2,1H3. The third kappa shape index (κ3) is 3.15. The van der Waals surface area contributed by atoms with Crippen LogP contribution in [0.4, 0.5) is 0 Å². The van der Waals surface area contributed by atoms with E-state index in [9.17, 15) is 0 Å². The molecule has 0 spiro atoms. The van der Waals surface area contributed by atoms with Crippen molar-refractivity contribution in [3.63, 3.8) is 0 Å². The molecule has 1 atom stereocenters. The van der Waals surface area contributed by atoms with Gasteiger partial charge in [-0.3, -0.25) is 0 Å². The van der Waals surface area contributed by atoms with Gasteiger partial charge in [0.1, 0.15) is 0 Å². The SMILES string of the molecule is CCN1CCC(Cc2noc(C3CCNC3)n2)CC1. The fourth-order valence-electron chi connectivity index (χ4n) is 3.15. The van der Waals surface area contributed by atoms with Crippen LogP contribution in [0.15, 0.2) is 4.52 Å². The van der Waals surface area contributed by atoms with Crippen LogP contribution in [0.1, 0.15) is 43.8 Å². The van der Waals surface area contributed by atoms with Gasteiger partial charge in [0.25, 0.3) is 0 Å². The summed E-state index contributed by atoms with van der Waals surface area (Å²) < 4.78 is 5.42. The number of hydrogen-bond acceptors (Lipinski definition) is 5. The largest absolute Gasteiger partial charge is 0.339 e. The summed E-state index contributed by atoms with van der Waals surface area (Å²) in [7, 11) is 0. The Balaban J connectivity index is 1.52. The third-order valence-corrected chi connectivity index (χ3v) is 4.52. The van der Waals surface area contributed by atoms with Crippen molar-refractivity contribution in [3.8, 4) is 0 Å². The first-order chi connectivity index (χ1) is 9.35. The van der Waals surface area contributed by atoms with Gasteiger partial charge in [0, 0.05) is 13.0 Å². The van der Waals surface area contributed by atoms with E-state index in [0.717, 1.165) is 43.6 Å². The van der Waals surface area contributed by atoms with Crippen molar-refractivity contribution in [1.29, 1.82) is 0 Å². The molecule has 1 unspecified atom stereocenters. The van der Waals surface area contributed by atoms with E-state index in [0.29, 0.717) is 5.92 Å². The smallest absolute Gasteiger partial charge is 0.231 e. The lowest BCUT2D eigenvalue weighted by Gasteiger charge is -2.30. The van der Waals surface area contributed by atoms with E-state index in [4.69, 9.17) is 4.52 Å². The summed E-state index contributed by atoms with van der Waals surface area (Å²) in [5.41, 5.74) is 0. The number of likely N-dealkylation sites (tertiary alicyclic amines) is 1. The van der Waals surface area contributed by atoms with Crippen LogP contribution < -0.4 is 5.32 Å². The highest BCUT2D eigenvalue weighted by atomic mass is 16.5. The molecule has 0 radical (unpaired) electrons. The zero-order valence-electron chi connectivity index (χ0n) is 11.8. The molecule has 19 heavy (non-hydrogen) atoms. The molecule has 3 heterocycles. The third-order valence-electron chi connectivity index (χ3n) is 4.52. The topological polar surface area (TPSA) is 54.2 Å². The Hall–Kier alpha value is -0.940. The molecule has 2 saturated heterocycles. The van der Waals surface area contributed by atoms with Gasteiger partial charge in [-0.2, -0.15) is 4.98 Å². The van der Waals surface area contributed by atoms with E-state index in [2.05, 4.69) is 27.3 Å². The molecule has 5 nitrogen and oxygen atoms in total. The average molecular weight is 264 g/mol. The van der Waals surface area contributed by atoms with E-state index in [1.807, 2.05) is 0 Å². The zero-order chi connectivity index (χ0) is 13.1. The summed E-state index contributed by atoms with van der Waals surface area (Å²) in [6, 6.07) is 0. The molecular formula is C14H24N4O. The highest BCUT2D eigenvalue weighted by Crippen LogP contribution is 2.23. The van der Waals surface area contributed by atoms with Crippen LogP contribution >= 0.6 is 0 Å². The maximum atomic E-state index is 5.42. The van der Waals surface area contributed by atoms with Crippen LogP contribution in [-0.4, -0.2) is 47.8 Å². The Morgan fingerprint density at radius 1 is 1.32 bits per heavy atom. The number of nitrogens with one attached hydrogen (secondary N) is 1. The first-order valence-electron chi connectivity index (χ1n) is 7.60. The van der Waals surface area contributed by atoms with E-state index < -0.39 is 0 Å². The van der Waals surface area contributed by atoms with Gasteiger partial charge in [0.05, 0.1) is 5.92 Å². The lowest BCUT2D eigenvalue weighted by atomic mass is 9.93. The second kappa shape index (κ2) is 6.01. The summed E-state index contributed by atoms with van der Waals surface area (Å²) in [5.74, 6) is 2.92. The molecular weight excluding hydrogens is 240 g/mol. The molecule has 0 aliphatic carbocycles. The first-order valence-corrected chi connectivity index (χ1v) is 7.60. The van der Waals surface area contributed by atoms with Crippen LogP contribution in [0, 0.1) is 5.92 Å². The minimum atomic E-state index is 0.434. The van der Waals surface area contributed by atoms with Gasteiger partial charge in [-0.25, -0.2) is 0 Å². The number of hydrogen-bond donors (Lipinski definition) is 1. The molecule has 5 heteroatoms. The summed E-state index contributed by atoms with van der Waals surface area (Å²) in [6.07, 6.45) is 4.64. The molecule has 2 fully saturated rings. The van der Waals surface area contributed by atoms with Gasteiger partial charge in [0.2, 0.25) is 5.89 Å².